The second kappa shape index (κ2) is 8.93. The van der Waals surface area contributed by atoms with Gasteiger partial charge in [-0.15, -0.1) is 0 Å². The third-order valence-corrected chi connectivity index (χ3v) is 5.05. The molecule has 0 saturated carbocycles. The molecule has 0 aliphatic rings. The van der Waals surface area contributed by atoms with E-state index in [1.54, 1.807) is 35.4 Å². The van der Waals surface area contributed by atoms with Crippen LogP contribution >= 0.6 is 11.6 Å². The van der Waals surface area contributed by atoms with Crippen LogP contribution in [0.1, 0.15) is 28.5 Å². The summed E-state index contributed by atoms with van der Waals surface area (Å²) in [5.74, 6) is 0.777. The summed E-state index contributed by atoms with van der Waals surface area (Å²) in [6, 6.07) is 22.5. The van der Waals surface area contributed by atoms with Crippen molar-refractivity contribution >= 4 is 23.3 Å². The fraction of sp³-hybridized carbons (Fsp3) is 0.125. The Bertz CT molecular complexity index is 1120. The summed E-state index contributed by atoms with van der Waals surface area (Å²) in [6.45, 7) is 2.49. The van der Waals surface area contributed by atoms with E-state index in [9.17, 15) is 4.79 Å². The number of aromatic nitrogens is 2. The van der Waals surface area contributed by atoms with Gasteiger partial charge in [-0.05, 0) is 53.9 Å². The summed E-state index contributed by atoms with van der Waals surface area (Å²) in [5, 5.41) is 4.63. The predicted molar refractivity (Wildman–Crippen MR) is 118 cm³/mol. The molecule has 1 amide bonds. The maximum absolute atomic E-state index is 13.3. The summed E-state index contributed by atoms with van der Waals surface area (Å²) in [7, 11) is 0. The molecule has 0 radical (unpaired) electrons. The number of benzene rings is 2. The molecular weight excluding hydrogens is 398 g/mol. The lowest BCUT2D eigenvalue weighted by atomic mass is 10.1. The van der Waals surface area contributed by atoms with Crippen LogP contribution in [0.2, 0.25) is 5.02 Å². The number of hydrogen-bond donors (Lipinski definition) is 0. The smallest absolute Gasteiger partial charge is 0.281 e. The normalized spacial score (nSPS) is 10.7. The maximum atomic E-state index is 13.3. The van der Waals surface area contributed by atoms with Crippen LogP contribution in [0.15, 0.2) is 83.5 Å². The highest BCUT2D eigenvalue weighted by atomic mass is 35.5. The monoisotopic (exact) mass is 417 g/mol. The number of halogens is 1. The van der Waals surface area contributed by atoms with Crippen molar-refractivity contribution < 1.29 is 9.32 Å². The Morgan fingerprint density at radius 1 is 1.00 bits per heavy atom. The zero-order valence-electron chi connectivity index (χ0n) is 16.5. The van der Waals surface area contributed by atoms with Gasteiger partial charge < -0.3 is 4.52 Å². The lowest BCUT2D eigenvalue weighted by molar-refractivity contribution is 0.0975. The van der Waals surface area contributed by atoms with Crippen molar-refractivity contribution in [2.75, 3.05) is 4.90 Å². The summed E-state index contributed by atoms with van der Waals surface area (Å²) in [6.07, 6.45) is 2.63. The molecule has 0 atom stereocenters. The van der Waals surface area contributed by atoms with Gasteiger partial charge in [-0.25, -0.2) is 4.98 Å². The molecule has 2 aromatic carbocycles. The first-order valence-electron chi connectivity index (χ1n) is 9.67. The van der Waals surface area contributed by atoms with Crippen LogP contribution in [0.25, 0.3) is 11.3 Å². The van der Waals surface area contributed by atoms with Crippen molar-refractivity contribution in [1.82, 2.24) is 10.1 Å². The molecule has 4 aromatic rings. The molecule has 0 bridgehead atoms. The summed E-state index contributed by atoms with van der Waals surface area (Å²) in [5.41, 5.74) is 3.27. The minimum absolute atomic E-state index is 0.218. The number of aryl methyl sites for hydroxylation is 1. The van der Waals surface area contributed by atoms with Crippen LogP contribution < -0.4 is 4.90 Å². The number of carbonyl (C=O) groups is 1. The van der Waals surface area contributed by atoms with Crippen molar-refractivity contribution in [2.45, 2.75) is 19.9 Å². The van der Waals surface area contributed by atoms with E-state index in [4.69, 9.17) is 16.1 Å². The summed E-state index contributed by atoms with van der Waals surface area (Å²) in [4.78, 5) is 19.3. The Morgan fingerprint density at radius 3 is 2.40 bits per heavy atom. The zero-order chi connectivity index (χ0) is 20.9. The Morgan fingerprint density at radius 2 is 1.73 bits per heavy atom. The topological polar surface area (TPSA) is 59.2 Å². The Hall–Kier alpha value is -3.44. The van der Waals surface area contributed by atoms with E-state index in [0.717, 1.165) is 17.5 Å². The van der Waals surface area contributed by atoms with Crippen LogP contribution in [-0.2, 0) is 13.0 Å². The van der Waals surface area contributed by atoms with Gasteiger partial charge in [0, 0.05) is 22.8 Å². The minimum Gasteiger partial charge on any atom is -0.355 e. The molecule has 150 valence electrons. The zero-order valence-corrected chi connectivity index (χ0v) is 17.2. The molecular formula is C24H20ClN3O2. The molecule has 2 aromatic heterocycles. The molecule has 0 fully saturated rings. The first kappa shape index (κ1) is 19.9. The number of amides is 1. The molecule has 6 heteroatoms. The number of nitrogens with zero attached hydrogens (tertiary/aromatic N) is 3. The second-order valence-corrected chi connectivity index (χ2v) is 7.27. The van der Waals surface area contributed by atoms with Gasteiger partial charge in [-0.2, -0.15) is 0 Å². The molecule has 0 saturated heterocycles. The van der Waals surface area contributed by atoms with Gasteiger partial charge in [0.25, 0.3) is 5.91 Å². The van der Waals surface area contributed by atoms with Crippen LogP contribution in [0, 0.1) is 0 Å². The molecule has 0 spiro atoms. The van der Waals surface area contributed by atoms with E-state index in [-0.39, 0.29) is 11.6 Å². The van der Waals surface area contributed by atoms with Gasteiger partial charge in [0.2, 0.25) is 0 Å². The van der Waals surface area contributed by atoms with Crippen LogP contribution in [0.5, 0.6) is 0 Å². The van der Waals surface area contributed by atoms with E-state index in [1.807, 2.05) is 36.4 Å². The van der Waals surface area contributed by atoms with Gasteiger partial charge >= 0.3 is 0 Å². The van der Waals surface area contributed by atoms with E-state index in [0.29, 0.717) is 23.1 Å². The van der Waals surface area contributed by atoms with Crippen LogP contribution in [0.3, 0.4) is 0 Å². The largest absolute Gasteiger partial charge is 0.355 e. The van der Waals surface area contributed by atoms with Gasteiger partial charge in [-0.3, -0.25) is 9.69 Å². The number of pyridine rings is 1. The highest BCUT2D eigenvalue weighted by Gasteiger charge is 2.23. The minimum atomic E-state index is -0.280. The molecule has 0 unspecified atom stereocenters. The fourth-order valence-electron chi connectivity index (χ4n) is 3.10. The Kier molecular flexibility index (Phi) is 5.91. The van der Waals surface area contributed by atoms with Crippen molar-refractivity contribution in [3.63, 3.8) is 0 Å². The quantitative estimate of drug-likeness (QED) is 0.398. The van der Waals surface area contributed by atoms with Crippen molar-refractivity contribution in [1.29, 1.82) is 0 Å². The Labute approximate surface area is 179 Å². The molecule has 0 N–H and O–H groups in total. The summed E-state index contributed by atoms with van der Waals surface area (Å²) < 4.78 is 5.42. The molecule has 30 heavy (non-hydrogen) atoms. The maximum Gasteiger partial charge on any atom is 0.281 e. The SMILES string of the molecule is CCc1ccc(CN(C(=O)c2cc(-c3ccc(Cl)cc3)on2)c2ccccn2)cc1. The van der Waals surface area contributed by atoms with Gasteiger partial charge in [0.05, 0.1) is 6.54 Å². The highest BCUT2D eigenvalue weighted by Crippen LogP contribution is 2.24. The van der Waals surface area contributed by atoms with Gasteiger partial charge in [-0.1, -0.05) is 54.0 Å². The average molecular weight is 418 g/mol. The van der Waals surface area contributed by atoms with Crippen LogP contribution in [0.4, 0.5) is 5.82 Å². The lowest BCUT2D eigenvalue weighted by Gasteiger charge is -2.20. The van der Waals surface area contributed by atoms with E-state index >= 15 is 0 Å². The van der Waals surface area contributed by atoms with Gasteiger partial charge in [0.1, 0.15) is 5.82 Å². The first-order chi connectivity index (χ1) is 14.6. The molecule has 2 heterocycles. The van der Waals surface area contributed by atoms with Crippen LogP contribution in [-0.4, -0.2) is 16.0 Å². The first-order valence-corrected chi connectivity index (χ1v) is 10.0. The van der Waals surface area contributed by atoms with E-state index in [2.05, 4.69) is 29.2 Å². The molecule has 4 rings (SSSR count). The highest BCUT2D eigenvalue weighted by molar-refractivity contribution is 6.30. The summed E-state index contributed by atoms with van der Waals surface area (Å²) >= 11 is 5.95. The third kappa shape index (κ3) is 4.42. The molecule has 5 nitrogen and oxygen atoms in total. The number of hydrogen-bond acceptors (Lipinski definition) is 4. The molecule has 0 aliphatic carbocycles. The average Bonchev–Trinajstić information content (AvgIpc) is 3.29. The standard InChI is InChI=1S/C24H20ClN3O2/c1-2-17-6-8-18(9-7-17)16-28(23-5-3-4-14-26-23)24(29)21-15-22(30-27-21)19-10-12-20(25)13-11-19/h3-15H,2,16H2,1H3. The van der Waals surface area contributed by atoms with Crippen molar-refractivity contribution in [3.05, 3.63) is 101 Å². The number of anilines is 1. The van der Waals surface area contributed by atoms with E-state index < -0.39 is 0 Å². The third-order valence-electron chi connectivity index (χ3n) is 4.80. The van der Waals surface area contributed by atoms with Gasteiger partial charge in [0.15, 0.2) is 11.5 Å². The second-order valence-electron chi connectivity index (χ2n) is 6.83. The van der Waals surface area contributed by atoms with Crippen molar-refractivity contribution in [3.8, 4) is 11.3 Å². The number of carbonyl (C=O) groups excluding carboxylic acids is 1. The molecule has 0 aliphatic heterocycles. The van der Waals surface area contributed by atoms with E-state index in [1.165, 1.54) is 5.56 Å². The number of rotatable bonds is 6. The fourth-order valence-corrected chi connectivity index (χ4v) is 3.22. The van der Waals surface area contributed by atoms with Crippen molar-refractivity contribution in [2.24, 2.45) is 0 Å². The Balaban J connectivity index is 1.63. The lowest BCUT2D eigenvalue weighted by Crippen LogP contribution is -2.31. The predicted octanol–water partition coefficient (Wildman–Crippen LogP) is 5.80.